The van der Waals surface area contributed by atoms with Crippen LogP contribution in [0.3, 0.4) is 0 Å². The molecule has 2 aromatic rings. The molecule has 0 unspecified atom stereocenters. The molecule has 1 aliphatic rings. The average Bonchev–Trinajstić information content (AvgIpc) is 2.94. The molecule has 8 heteroatoms. The molecule has 0 spiro atoms. The van der Waals surface area contributed by atoms with Crippen LogP contribution < -0.4 is 5.73 Å². The van der Waals surface area contributed by atoms with Crippen molar-refractivity contribution in [1.29, 1.82) is 0 Å². The average molecular weight is 263 g/mol. The van der Waals surface area contributed by atoms with Crippen LogP contribution in [0.5, 0.6) is 0 Å². The molecule has 3 rings (SSSR count). The minimum atomic E-state index is -1.10. The first-order valence-corrected chi connectivity index (χ1v) is 5.75. The number of anilines is 1. The van der Waals surface area contributed by atoms with Crippen LogP contribution in [0.15, 0.2) is 24.5 Å². The van der Waals surface area contributed by atoms with Gasteiger partial charge < -0.3 is 20.7 Å². The number of rotatable bonds is 1. The van der Waals surface area contributed by atoms with E-state index in [1.807, 2.05) is 0 Å². The molecule has 2 aromatic heterocycles. The summed E-state index contributed by atoms with van der Waals surface area (Å²) in [5.74, 6) is 0.574. The Morgan fingerprint density at radius 1 is 1.37 bits per heavy atom. The lowest BCUT2D eigenvalue weighted by Gasteiger charge is -2.15. The van der Waals surface area contributed by atoms with Crippen molar-refractivity contribution in [2.75, 3.05) is 5.73 Å². The molecule has 0 aliphatic carbocycles. The van der Waals surface area contributed by atoms with E-state index in [1.54, 1.807) is 13.0 Å². The Balaban J connectivity index is 2.09. The molecular weight excluding hydrogens is 250 g/mol. The van der Waals surface area contributed by atoms with Gasteiger partial charge in [0.25, 0.3) is 0 Å². The SMILES string of the molecule is C/C=C1\O[C@H](n2cnc3c(N)ncnc32)[C@@H](O)[C@@H]1O. The summed E-state index contributed by atoms with van der Waals surface area (Å²) in [4.78, 5) is 12.0. The van der Waals surface area contributed by atoms with E-state index in [4.69, 9.17) is 10.5 Å². The fraction of sp³-hybridized carbons (Fsp3) is 0.364. The Kier molecular flexibility index (Phi) is 2.61. The fourth-order valence-electron chi connectivity index (χ4n) is 2.12. The van der Waals surface area contributed by atoms with E-state index < -0.39 is 18.4 Å². The molecule has 0 radical (unpaired) electrons. The normalized spacial score (nSPS) is 29.0. The van der Waals surface area contributed by atoms with Gasteiger partial charge in [0.1, 0.15) is 36.1 Å². The molecule has 19 heavy (non-hydrogen) atoms. The lowest BCUT2D eigenvalue weighted by atomic mass is 10.2. The van der Waals surface area contributed by atoms with Gasteiger partial charge in [-0.15, -0.1) is 0 Å². The van der Waals surface area contributed by atoms with Gasteiger partial charge >= 0.3 is 0 Å². The van der Waals surface area contributed by atoms with Crippen molar-refractivity contribution in [3.05, 3.63) is 24.5 Å². The van der Waals surface area contributed by atoms with E-state index in [2.05, 4.69) is 15.0 Å². The second kappa shape index (κ2) is 4.18. The summed E-state index contributed by atoms with van der Waals surface area (Å²) in [6.07, 6.45) is 1.42. The Hall–Kier alpha value is -2.19. The monoisotopic (exact) mass is 263 g/mol. The van der Waals surface area contributed by atoms with Crippen LogP contribution >= 0.6 is 0 Å². The van der Waals surface area contributed by atoms with E-state index in [1.165, 1.54) is 17.2 Å². The van der Waals surface area contributed by atoms with E-state index >= 15 is 0 Å². The first kappa shape index (κ1) is 11.9. The number of aliphatic hydroxyl groups is 2. The van der Waals surface area contributed by atoms with Crippen molar-refractivity contribution in [3.8, 4) is 0 Å². The fourth-order valence-corrected chi connectivity index (χ4v) is 2.12. The van der Waals surface area contributed by atoms with Crippen LogP contribution in [0.25, 0.3) is 11.2 Å². The predicted octanol–water partition coefficient (Wildman–Crippen LogP) is -0.437. The third-order valence-corrected chi connectivity index (χ3v) is 3.11. The summed E-state index contributed by atoms with van der Waals surface area (Å²) in [6.45, 7) is 1.72. The van der Waals surface area contributed by atoms with E-state index in [0.29, 0.717) is 16.9 Å². The number of nitrogens with two attached hydrogens (primary N) is 1. The van der Waals surface area contributed by atoms with Gasteiger partial charge in [-0.3, -0.25) is 4.57 Å². The number of fused-ring (bicyclic) bond motifs is 1. The highest BCUT2D eigenvalue weighted by Gasteiger charge is 2.41. The van der Waals surface area contributed by atoms with Gasteiger partial charge in [0, 0.05) is 0 Å². The van der Waals surface area contributed by atoms with Gasteiger partial charge in [-0.2, -0.15) is 0 Å². The van der Waals surface area contributed by atoms with E-state index in [0.717, 1.165) is 0 Å². The molecule has 3 atom stereocenters. The van der Waals surface area contributed by atoms with Crippen molar-refractivity contribution in [1.82, 2.24) is 19.5 Å². The number of ether oxygens (including phenoxy) is 1. The molecule has 1 saturated heterocycles. The maximum atomic E-state index is 10.0. The highest BCUT2D eigenvalue weighted by molar-refractivity contribution is 5.81. The number of aromatic nitrogens is 4. The summed E-state index contributed by atoms with van der Waals surface area (Å²) < 4.78 is 7.04. The zero-order chi connectivity index (χ0) is 13.6. The molecule has 1 aliphatic heterocycles. The lowest BCUT2D eigenvalue weighted by molar-refractivity contribution is -0.0118. The Bertz CT molecular complexity index is 653. The van der Waals surface area contributed by atoms with Crippen molar-refractivity contribution >= 4 is 17.0 Å². The molecule has 0 amide bonds. The second-order valence-electron chi connectivity index (χ2n) is 4.22. The Morgan fingerprint density at radius 3 is 2.84 bits per heavy atom. The maximum absolute atomic E-state index is 10.0. The third kappa shape index (κ3) is 1.65. The van der Waals surface area contributed by atoms with Gasteiger partial charge in [-0.1, -0.05) is 0 Å². The van der Waals surface area contributed by atoms with Crippen LogP contribution in [0.2, 0.25) is 0 Å². The van der Waals surface area contributed by atoms with Crippen molar-refractivity contribution < 1.29 is 14.9 Å². The second-order valence-corrected chi connectivity index (χ2v) is 4.22. The zero-order valence-corrected chi connectivity index (χ0v) is 10.1. The lowest BCUT2D eigenvalue weighted by Crippen LogP contribution is -2.27. The highest BCUT2D eigenvalue weighted by atomic mass is 16.5. The standard InChI is InChI=1S/C11H13N5O3/c1-2-5-7(17)8(18)11(19-5)16-4-15-6-9(12)13-3-14-10(6)16/h2-4,7-8,11,17-18H,1H3,(H2,12,13,14)/b5-2-/t7-,8+,11+/m1/s1. The van der Waals surface area contributed by atoms with Gasteiger partial charge in [0.15, 0.2) is 11.5 Å². The van der Waals surface area contributed by atoms with Crippen LogP contribution in [0, 0.1) is 0 Å². The van der Waals surface area contributed by atoms with Gasteiger partial charge in [0.2, 0.25) is 6.23 Å². The maximum Gasteiger partial charge on any atom is 0.207 e. The first-order chi connectivity index (χ1) is 9.13. The molecule has 0 bridgehead atoms. The summed E-state index contributed by atoms with van der Waals surface area (Å²) in [5.41, 5.74) is 6.57. The summed E-state index contributed by atoms with van der Waals surface area (Å²) >= 11 is 0. The number of hydrogen-bond donors (Lipinski definition) is 3. The highest BCUT2D eigenvalue weighted by Crippen LogP contribution is 2.33. The zero-order valence-electron chi connectivity index (χ0n) is 10.1. The van der Waals surface area contributed by atoms with Crippen molar-refractivity contribution in [2.24, 2.45) is 0 Å². The molecular formula is C11H13N5O3. The quantitative estimate of drug-likeness (QED) is 0.638. The largest absolute Gasteiger partial charge is 0.469 e. The molecule has 0 aromatic carbocycles. The number of aliphatic hydroxyl groups excluding tert-OH is 2. The number of allylic oxidation sites excluding steroid dienone is 1. The molecule has 8 nitrogen and oxygen atoms in total. The predicted molar refractivity (Wildman–Crippen MR) is 65.6 cm³/mol. The molecule has 1 fully saturated rings. The number of hydrogen-bond acceptors (Lipinski definition) is 7. The molecule has 100 valence electrons. The van der Waals surface area contributed by atoms with Crippen molar-refractivity contribution in [2.45, 2.75) is 25.4 Å². The molecule has 3 heterocycles. The Morgan fingerprint density at radius 2 is 2.16 bits per heavy atom. The van der Waals surface area contributed by atoms with Crippen LogP contribution in [-0.2, 0) is 4.74 Å². The van der Waals surface area contributed by atoms with Gasteiger partial charge in [0.05, 0.1) is 0 Å². The first-order valence-electron chi connectivity index (χ1n) is 5.75. The van der Waals surface area contributed by atoms with Crippen LogP contribution in [0.1, 0.15) is 13.2 Å². The minimum Gasteiger partial charge on any atom is -0.469 e. The minimum absolute atomic E-state index is 0.253. The molecule has 4 N–H and O–H groups in total. The van der Waals surface area contributed by atoms with Crippen LogP contribution in [0.4, 0.5) is 5.82 Å². The number of imidazole rings is 1. The van der Waals surface area contributed by atoms with Gasteiger partial charge in [-0.05, 0) is 13.0 Å². The van der Waals surface area contributed by atoms with Crippen molar-refractivity contribution in [3.63, 3.8) is 0 Å². The van der Waals surface area contributed by atoms with Crippen LogP contribution in [-0.4, -0.2) is 41.9 Å². The smallest absolute Gasteiger partial charge is 0.207 e. The van der Waals surface area contributed by atoms with E-state index in [-0.39, 0.29) is 5.82 Å². The molecule has 0 saturated carbocycles. The third-order valence-electron chi connectivity index (χ3n) is 3.11. The van der Waals surface area contributed by atoms with Gasteiger partial charge in [-0.25, -0.2) is 15.0 Å². The summed E-state index contributed by atoms with van der Waals surface area (Å²) in [5, 5.41) is 19.8. The number of nitrogen functional groups attached to an aromatic ring is 1. The topological polar surface area (TPSA) is 119 Å². The van der Waals surface area contributed by atoms with E-state index in [9.17, 15) is 10.2 Å². The number of nitrogens with zero attached hydrogens (tertiary/aromatic N) is 4. The summed E-state index contributed by atoms with van der Waals surface area (Å²) in [6, 6.07) is 0. The summed E-state index contributed by atoms with van der Waals surface area (Å²) in [7, 11) is 0. The Labute approximate surface area is 108 Å².